The normalized spacial score (nSPS) is 16.2. The van der Waals surface area contributed by atoms with Crippen molar-refractivity contribution < 1.29 is 14.4 Å². The Labute approximate surface area is 143 Å². The number of para-hydroxylation sites is 1. The summed E-state index contributed by atoms with van der Waals surface area (Å²) in [6.45, 7) is 3.66. The van der Waals surface area contributed by atoms with Crippen molar-refractivity contribution in [2.75, 3.05) is 10.6 Å². The Morgan fingerprint density at radius 2 is 2.00 bits per heavy atom. The van der Waals surface area contributed by atoms with E-state index in [9.17, 15) is 14.4 Å². The molecule has 1 aliphatic rings. The van der Waals surface area contributed by atoms with Crippen molar-refractivity contribution >= 4 is 39.7 Å². The highest BCUT2D eigenvalue weighted by Crippen LogP contribution is 2.36. The molecular formula is C17H17N3O3S. The predicted molar refractivity (Wildman–Crippen MR) is 93.4 cm³/mol. The average molecular weight is 343 g/mol. The highest BCUT2D eigenvalue weighted by atomic mass is 32.1. The number of amides is 3. The molecule has 0 spiro atoms. The number of hydrogen-bond donors (Lipinski definition) is 3. The second-order valence-corrected chi connectivity index (χ2v) is 6.96. The molecule has 6 nitrogen and oxygen atoms in total. The summed E-state index contributed by atoms with van der Waals surface area (Å²) in [7, 11) is 0. The van der Waals surface area contributed by atoms with Crippen molar-refractivity contribution in [3.63, 3.8) is 0 Å². The molecule has 1 aromatic heterocycles. The number of fused-ring (bicyclic) bond motifs is 1. The van der Waals surface area contributed by atoms with Gasteiger partial charge in [0.2, 0.25) is 11.8 Å². The van der Waals surface area contributed by atoms with Crippen molar-refractivity contribution in [1.82, 2.24) is 0 Å². The fourth-order valence-corrected chi connectivity index (χ4v) is 3.92. The van der Waals surface area contributed by atoms with Gasteiger partial charge >= 0.3 is 0 Å². The molecule has 4 N–H and O–H groups in total. The SMILES string of the molecule is Cc1sc(NC(=O)[C@@H]2CC(=O)Nc3ccccc32)c(C(N)=O)c1C. The maximum atomic E-state index is 12.7. The molecule has 0 aliphatic carbocycles. The van der Waals surface area contributed by atoms with E-state index >= 15 is 0 Å². The van der Waals surface area contributed by atoms with E-state index in [0.717, 1.165) is 16.0 Å². The first-order valence-electron chi connectivity index (χ1n) is 7.48. The molecule has 24 heavy (non-hydrogen) atoms. The summed E-state index contributed by atoms with van der Waals surface area (Å²) >= 11 is 1.31. The third-order valence-electron chi connectivity index (χ3n) is 4.18. The number of benzene rings is 1. The van der Waals surface area contributed by atoms with Gasteiger partial charge in [0.25, 0.3) is 5.91 Å². The van der Waals surface area contributed by atoms with Gasteiger partial charge in [0.1, 0.15) is 5.00 Å². The highest BCUT2D eigenvalue weighted by molar-refractivity contribution is 7.16. The summed E-state index contributed by atoms with van der Waals surface area (Å²) in [6.07, 6.45) is 0.0676. The van der Waals surface area contributed by atoms with Crippen LogP contribution in [0.25, 0.3) is 0 Å². The molecule has 2 heterocycles. The summed E-state index contributed by atoms with van der Waals surface area (Å²) < 4.78 is 0. The first kappa shape index (κ1) is 16.2. The van der Waals surface area contributed by atoms with Crippen LogP contribution in [0.4, 0.5) is 10.7 Å². The molecule has 0 fully saturated rings. The van der Waals surface area contributed by atoms with Crippen molar-refractivity contribution in [2.45, 2.75) is 26.2 Å². The van der Waals surface area contributed by atoms with Crippen LogP contribution in [0.1, 0.15) is 38.7 Å². The Morgan fingerprint density at radius 1 is 1.29 bits per heavy atom. The van der Waals surface area contributed by atoms with Crippen LogP contribution in [0.2, 0.25) is 0 Å². The second-order valence-electron chi connectivity index (χ2n) is 5.73. The molecular weight excluding hydrogens is 326 g/mol. The number of primary amides is 1. The maximum absolute atomic E-state index is 12.7. The van der Waals surface area contributed by atoms with Crippen molar-refractivity contribution in [1.29, 1.82) is 0 Å². The fraction of sp³-hybridized carbons (Fsp3) is 0.235. The molecule has 0 saturated heterocycles. The van der Waals surface area contributed by atoms with E-state index in [1.807, 2.05) is 19.1 Å². The van der Waals surface area contributed by atoms with E-state index in [-0.39, 0.29) is 18.2 Å². The Hall–Kier alpha value is -2.67. The van der Waals surface area contributed by atoms with Gasteiger partial charge in [-0.25, -0.2) is 0 Å². The predicted octanol–water partition coefficient (Wildman–Crippen LogP) is 2.53. The number of anilines is 2. The van der Waals surface area contributed by atoms with Crippen molar-refractivity contribution in [3.05, 3.63) is 45.8 Å². The molecule has 7 heteroatoms. The van der Waals surface area contributed by atoms with Crippen molar-refractivity contribution in [3.8, 4) is 0 Å². The van der Waals surface area contributed by atoms with Crippen molar-refractivity contribution in [2.24, 2.45) is 5.73 Å². The summed E-state index contributed by atoms with van der Waals surface area (Å²) in [5.41, 5.74) is 7.94. The van der Waals surface area contributed by atoms with Gasteiger partial charge in [0.15, 0.2) is 0 Å². The Kier molecular flexibility index (Phi) is 4.11. The molecule has 0 radical (unpaired) electrons. The number of carbonyl (C=O) groups excluding carboxylic acids is 3. The minimum absolute atomic E-state index is 0.0676. The lowest BCUT2D eigenvalue weighted by Crippen LogP contribution is -2.31. The molecule has 1 atom stereocenters. The summed E-state index contributed by atoms with van der Waals surface area (Å²) in [5.74, 6) is -1.70. The number of hydrogen-bond acceptors (Lipinski definition) is 4. The molecule has 0 unspecified atom stereocenters. The van der Waals surface area contributed by atoms with Crippen LogP contribution in [0, 0.1) is 13.8 Å². The zero-order valence-electron chi connectivity index (χ0n) is 13.3. The van der Waals surface area contributed by atoms with E-state index in [1.165, 1.54) is 11.3 Å². The maximum Gasteiger partial charge on any atom is 0.251 e. The average Bonchev–Trinajstić information content (AvgIpc) is 2.80. The topological polar surface area (TPSA) is 101 Å². The molecule has 3 rings (SSSR count). The number of thiophene rings is 1. The van der Waals surface area contributed by atoms with Crippen LogP contribution in [-0.2, 0) is 9.59 Å². The standard InChI is InChI=1S/C17H17N3O3S/c1-8-9(2)24-17(14(8)15(18)22)20-16(23)11-7-13(21)19-12-6-4-3-5-10(11)12/h3-6,11H,7H2,1-2H3,(H2,18,22)(H,19,21)(H,20,23)/t11-/m1/s1. The van der Waals surface area contributed by atoms with E-state index in [2.05, 4.69) is 10.6 Å². The fourth-order valence-electron chi connectivity index (χ4n) is 2.86. The van der Waals surface area contributed by atoms with Crippen LogP contribution in [0.5, 0.6) is 0 Å². The van der Waals surface area contributed by atoms with E-state index in [0.29, 0.717) is 16.3 Å². The number of nitrogens with one attached hydrogen (secondary N) is 2. The lowest BCUT2D eigenvalue weighted by atomic mass is 9.90. The Bertz CT molecular complexity index is 857. The number of carbonyl (C=O) groups is 3. The minimum atomic E-state index is -0.599. The third kappa shape index (κ3) is 2.78. The first-order valence-corrected chi connectivity index (χ1v) is 8.29. The summed E-state index contributed by atoms with van der Waals surface area (Å²) in [5, 5.41) is 5.98. The lowest BCUT2D eigenvalue weighted by Gasteiger charge is -2.24. The zero-order valence-corrected chi connectivity index (χ0v) is 14.1. The Morgan fingerprint density at radius 3 is 2.71 bits per heavy atom. The molecule has 0 bridgehead atoms. The largest absolute Gasteiger partial charge is 0.365 e. The third-order valence-corrected chi connectivity index (χ3v) is 5.31. The molecule has 2 aromatic rings. The summed E-state index contributed by atoms with van der Waals surface area (Å²) in [4.78, 5) is 37.2. The quantitative estimate of drug-likeness (QED) is 0.798. The number of aryl methyl sites for hydroxylation is 1. The molecule has 1 aliphatic heterocycles. The van der Waals surface area contributed by atoms with Crippen LogP contribution < -0.4 is 16.4 Å². The van der Waals surface area contributed by atoms with Gasteiger partial charge in [-0.15, -0.1) is 11.3 Å². The molecule has 1 aromatic carbocycles. The molecule has 3 amide bonds. The smallest absolute Gasteiger partial charge is 0.251 e. The van der Waals surface area contributed by atoms with Crippen LogP contribution >= 0.6 is 11.3 Å². The number of nitrogens with two attached hydrogens (primary N) is 1. The van der Waals surface area contributed by atoms with Gasteiger partial charge in [-0.05, 0) is 31.0 Å². The summed E-state index contributed by atoms with van der Waals surface area (Å²) in [6, 6.07) is 7.21. The molecule has 0 saturated carbocycles. The van der Waals surface area contributed by atoms with Gasteiger partial charge in [-0.2, -0.15) is 0 Å². The van der Waals surface area contributed by atoms with Crippen LogP contribution in [-0.4, -0.2) is 17.7 Å². The van der Waals surface area contributed by atoms with Crippen LogP contribution in [0.15, 0.2) is 24.3 Å². The minimum Gasteiger partial charge on any atom is -0.365 e. The lowest BCUT2D eigenvalue weighted by molar-refractivity contribution is -0.123. The van der Waals surface area contributed by atoms with E-state index in [4.69, 9.17) is 5.73 Å². The van der Waals surface area contributed by atoms with Gasteiger partial charge in [0, 0.05) is 17.0 Å². The van der Waals surface area contributed by atoms with Gasteiger partial charge in [0.05, 0.1) is 11.5 Å². The highest BCUT2D eigenvalue weighted by Gasteiger charge is 2.31. The molecule has 124 valence electrons. The monoisotopic (exact) mass is 343 g/mol. The second kappa shape index (κ2) is 6.09. The van der Waals surface area contributed by atoms with E-state index in [1.54, 1.807) is 19.1 Å². The zero-order chi connectivity index (χ0) is 17.4. The van der Waals surface area contributed by atoms with Crippen LogP contribution in [0.3, 0.4) is 0 Å². The van der Waals surface area contributed by atoms with Gasteiger partial charge in [-0.1, -0.05) is 18.2 Å². The van der Waals surface area contributed by atoms with E-state index < -0.39 is 11.8 Å². The number of rotatable bonds is 3. The van der Waals surface area contributed by atoms with Gasteiger partial charge in [-0.3, -0.25) is 14.4 Å². The Balaban J connectivity index is 1.93. The first-order chi connectivity index (χ1) is 11.4. The van der Waals surface area contributed by atoms with Gasteiger partial charge < -0.3 is 16.4 Å².